The number of carbonyl (C=O) groups is 1. The van der Waals surface area contributed by atoms with Gasteiger partial charge in [-0.2, -0.15) is 5.26 Å². The minimum atomic E-state index is -1.88. The fraction of sp³-hybridized carbons (Fsp3) is 0.375. The number of benzene rings is 2. The van der Waals surface area contributed by atoms with Crippen molar-refractivity contribution in [1.29, 1.82) is 5.26 Å². The second-order valence-corrected chi connectivity index (χ2v) is 8.86. The van der Waals surface area contributed by atoms with Crippen molar-refractivity contribution in [3.8, 4) is 17.2 Å². The molecule has 1 amide bonds. The second kappa shape index (κ2) is 7.69. The molecule has 2 heterocycles. The number of oxazole rings is 1. The van der Waals surface area contributed by atoms with Crippen molar-refractivity contribution < 1.29 is 18.3 Å². The number of nitriles is 1. The highest BCUT2D eigenvalue weighted by molar-refractivity contribution is 5.81. The van der Waals surface area contributed by atoms with Gasteiger partial charge in [0.1, 0.15) is 11.1 Å². The van der Waals surface area contributed by atoms with Crippen molar-refractivity contribution in [2.24, 2.45) is 0 Å². The predicted molar refractivity (Wildman–Crippen MR) is 114 cm³/mol. The molecule has 3 aromatic rings. The molecule has 1 aliphatic heterocycles. The van der Waals surface area contributed by atoms with Gasteiger partial charge < -0.3 is 14.1 Å². The topological polar surface area (TPSA) is 79.4 Å². The van der Waals surface area contributed by atoms with Gasteiger partial charge in [-0.3, -0.25) is 0 Å². The lowest BCUT2D eigenvalue weighted by molar-refractivity contribution is -0.0140. The number of likely N-dealkylation sites (tertiary alicyclic amines) is 1. The first kappa shape index (κ1) is 20.9. The van der Waals surface area contributed by atoms with E-state index in [1.54, 1.807) is 39.0 Å². The summed E-state index contributed by atoms with van der Waals surface area (Å²) in [6, 6.07) is 14.8. The number of nitrogens with zero attached hydrogens (tertiary/aromatic N) is 3. The van der Waals surface area contributed by atoms with Gasteiger partial charge in [-0.05, 0) is 69.0 Å². The van der Waals surface area contributed by atoms with Crippen LogP contribution in [0, 0.1) is 11.3 Å². The molecule has 2 aromatic carbocycles. The first-order valence-electron chi connectivity index (χ1n) is 10.3. The number of aromatic nitrogens is 1. The SMILES string of the molecule is CC(C)(C)OC(=O)N1CCCC(F)(c2nc3cc(-c4cccc(C#N)c4)ccc3o2)C1. The van der Waals surface area contributed by atoms with Gasteiger partial charge in [-0.15, -0.1) is 0 Å². The van der Waals surface area contributed by atoms with Crippen LogP contribution in [0.25, 0.3) is 22.2 Å². The van der Waals surface area contributed by atoms with Crippen LogP contribution in [0.1, 0.15) is 45.1 Å². The summed E-state index contributed by atoms with van der Waals surface area (Å²) in [5.74, 6) is -0.0290. The summed E-state index contributed by atoms with van der Waals surface area (Å²) in [6.07, 6.45) is 0.168. The molecule has 0 aliphatic carbocycles. The number of piperidine rings is 1. The molecule has 0 saturated carbocycles. The first-order chi connectivity index (χ1) is 14.7. The largest absolute Gasteiger partial charge is 0.444 e. The molecule has 1 aliphatic rings. The van der Waals surface area contributed by atoms with Gasteiger partial charge in [0, 0.05) is 6.54 Å². The predicted octanol–water partition coefficient (Wildman–Crippen LogP) is 5.56. The molecule has 0 radical (unpaired) electrons. The van der Waals surface area contributed by atoms with Crippen molar-refractivity contribution in [3.63, 3.8) is 0 Å². The first-order valence-corrected chi connectivity index (χ1v) is 10.3. The van der Waals surface area contributed by atoms with Gasteiger partial charge in [0.15, 0.2) is 5.58 Å². The zero-order valence-corrected chi connectivity index (χ0v) is 17.8. The van der Waals surface area contributed by atoms with Crippen LogP contribution in [-0.2, 0) is 10.4 Å². The number of amides is 1. The fourth-order valence-corrected chi connectivity index (χ4v) is 3.73. The third kappa shape index (κ3) is 4.38. The Labute approximate surface area is 180 Å². The highest BCUT2D eigenvalue weighted by Gasteiger charge is 2.44. The van der Waals surface area contributed by atoms with Crippen molar-refractivity contribution in [2.45, 2.75) is 44.9 Å². The van der Waals surface area contributed by atoms with Crippen LogP contribution in [0.2, 0.25) is 0 Å². The van der Waals surface area contributed by atoms with Crippen LogP contribution in [0.5, 0.6) is 0 Å². The van der Waals surface area contributed by atoms with E-state index in [-0.39, 0.29) is 18.9 Å². The monoisotopic (exact) mass is 421 g/mol. The number of carbonyl (C=O) groups excluding carboxylic acids is 1. The van der Waals surface area contributed by atoms with Crippen molar-refractivity contribution in [2.75, 3.05) is 13.1 Å². The average Bonchev–Trinajstić information content (AvgIpc) is 3.17. The highest BCUT2D eigenvalue weighted by atomic mass is 19.1. The van der Waals surface area contributed by atoms with E-state index < -0.39 is 17.4 Å². The molecule has 160 valence electrons. The number of ether oxygens (including phenoxy) is 1. The molecule has 0 bridgehead atoms. The summed E-state index contributed by atoms with van der Waals surface area (Å²) in [6.45, 7) is 5.61. The van der Waals surface area contributed by atoms with Crippen LogP contribution in [0.15, 0.2) is 46.9 Å². The Kier molecular flexibility index (Phi) is 5.18. The average molecular weight is 421 g/mol. The van der Waals surface area contributed by atoms with Gasteiger partial charge in [0.05, 0.1) is 18.2 Å². The van der Waals surface area contributed by atoms with Crippen LogP contribution < -0.4 is 0 Å². The van der Waals surface area contributed by atoms with E-state index in [9.17, 15) is 4.79 Å². The maximum absolute atomic E-state index is 15.9. The Morgan fingerprint density at radius 2 is 2.03 bits per heavy atom. The van der Waals surface area contributed by atoms with E-state index in [1.165, 1.54) is 4.90 Å². The molecular formula is C24H24FN3O3. The quantitative estimate of drug-likeness (QED) is 0.541. The zero-order valence-electron chi connectivity index (χ0n) is 17.8. The minimum absolute atomic E-state index is 0.0290. The Morgan fingerprint density at radius 1 is 1.26 bits per heavy atom. The summed E-state index contributed by atoms with van der Waals surface area (Å²) in [7, 11) is 0. The molecule has 31 heavy (non-hydrogen) atoms. The van der Waals surface area contributed by atoms with Crippen molar-refractivity contribution >= 4 is 17.2 Å². The molecule has 1 atom stereocenters. The van der Waals surface area contributed by atoms with Crippen LogP contribution in [-0.4, -0.2) is 34.7 Å². The number of hydrogen-bond donors (Lipinski definition) is 0. The standard InChI is InChI=1S/C24H24FN3O3/c1-23(2,3)31-22(29)28-11-5-10-24(25,15-28)21-27-19-13-18(8-9-20(19)30-21)17-7-4-6-16(12-17)14-26/h4,6-9,12-13H,5,10-11,15H2,1-3H3. The third-order valence-electron chi connectivity index (χ3n) is 5.19. The molecule has 0 spiro atoms. The smallest absolute Gasteiger partial charge is 0.410 e. The van der Waals surface area contributed by atoms with E-state index >= 15 is 4.39 Å². The van der Waals surface area contributed by atoms with E-state index in [0.29, 0.717) is 29.6 Å². The van der Waals surface area contributed by atoms with Gasteiger partial charge in [0.2, 0.25) is 11.6 Å². The summed E-state index contributed by atoms with van der Waals surface area (Å²) in [4.78, 5) is 18.2. The van der Waals surface area contributed by atoms with E-state index in [2.05, 4.69) is 11.1 Å². The molecule has 0 N–H and O–H groups in total. The summed E-state index contributed by atoms with van der Waals surface area (Å²) >= 11 is 0. The lowest BCUT2D eigenvalue weighted by atomic mass is 9.95. The van der Waals surface area contributed by atoms with E-state index in [0.717, 1.165) is 11.1 Å². The second-order valence-electron chi connectivity index (χ2n) is 8.86. The molecule has 1 fully saturated rings. The van der Waals surface area contributed by atoms with Crippen LogP contribution in [0.3, 0.4) is 0 Å². The van der Waals surface area contributed by atoms with Gasteiger partial charge >= 0.3 is 6.09 Å². The van der Waals surface area contributed by atoms with Crippen molar-refractivity contribution in [1.82, 2.24) is 9.88 Å². The molecular weight excluding hydrogens is 397 g/mol. The molecule has 1 aromatic heterocycles. The molecule has 4 rings (SSSR count). The number of fused-ring (bicyclic) bond motifs is 1. The number of hydrogen-bond acceptors (Lipinski definition) is 5. The fourth-order valence-electron chi connectivity index (χ4n) is 3.73. The third-order valence-corrected chi connectivity index (χ3v) is 5.19. The van der Waals surface area contributed by atoms with Gasteiger partial charge in [0.25, 0.3) is 0 Å². The summed E-state index contributed by atoms with van der Waals surface area (Å²) in [5, 5.41) is 9.12. The van der Waals surface area contributed by atoms with Crippen LogP contribution in [0.4, 0.5) is 9.18 Å². The van der Waals surface area contributed by atoms with Gasteiger partial charge in [-0.25, -0.2) is 14.2 Å². The Hall–Kier alpha value is -3.40. The highest BCUT2D eigenvalue weighted by Crippen LogP contribution is 2.37. The van der Waals surface area contributed by atoms with Gasteiger partial charge in [-0.1, -0.05) is 18.2 Å². The minimum Gasteiger partial charge on any atom is -0.444 e. The summed E-state index contributed by atoms with van der Waals surface area (Å²) in [5.41, 5.74) is 0.762. The molecule has 7 heteroatoms. The Balaban J connectivity index is 1.61. The Bertz CT molecular complexity index is 1170. The Morgan fingerprint density at radius 3 is 2.77 bits per heavy atom. The summed E-state index contributed by atoms with van der Waals surface area (Å²) < 4.78 is 27.0. The molecule has 1 unspecified atom stereocenters. The maximum Gasteiger partial charge on any atom is 0.410 e. The maximum atomic E-state index is 15.9. The lowest BCUT2D eigenvalue weighted by Crippen LogP contribution is -2.48. The number of rotatable bonds is 2. The van der Waals surface area contributed by atoms with E-state index in [4.69, 9.17) is 14.4 Å². The van der Waals surface area contributed by atoms with Crippen molar-refractivity contribution in [3.05, 3.63) is 53.9 Å². The normalized spacial score (nSPS) is 19.3. The lowest BCUT2D eigenvalue weighted by Gasteiger charge is -2.36. The molecule has 1 saturated heterocycles. The number of alkyl halides is 1. The van der Waals surface area contributed by atoms with E-state index in [1.807, 2.05) is 24.3 Å². The molecule has 6 nitrogen and oxygen atoms in total. The van der Waals surface area contributed by atoms with Crippen LogP contribution >= 0.6 is 0 Å². The zero-order chi connectivity index (χ0) is 22.2. The number of halogens is 1.